The molecule has 0 saturated carbocycles. The molecule has 3 nitrogen and oxygen atoms in total. The van der Waals surface area contributed by atoms with Crippen LogP contribution in [0.5, 0.6) is 5.75 Å². The highest BCUT2D eigenvalue weighted by molar-refractivity contribution is 9.08. The minimum Gasteiger partial charge on any atom is -0.496 e. The number of halogens is 1. The van der Waals surface area contributed by atoms with Crippen LogP contribution >= 0.6 is 15.9 Å². The molecule has 0 heterocycles. The molecule has 1 aromatic carbocycles. The van der Waals surface area contributed by atoms with Gasteiger partial charge in [-0.25, -0.2) is 0 Å². The zero-order chi connectivity index (χ0) is 12.0. The van der Waals surface area contributed by atoms with Crippen LogP contribution in [0.2, 0.25) is 0 Å². The van der Waals surface area contributed by atoms with Gasteiger partial charge in [0.2, 0.25) is 0 Å². The van der Waals surface area contributed by atoms with E-state index in [2.05, 4.69) is 20.7 Å². The smallest absolute Gasteiger partial charge is 0.305 e. The molecule has 4 heteroatoms. The molecule has 0 aromatic heterocycles. The maximum absolute atomic E-state index is 11.0. The molecular weight excluding hydrogens is 272 g/mol. The Kier molecular flexibility index (Phi) is 5.32. The van der Waals surface area contributed by atoms with E-state index >= 15 is 0 Å². The fourth-order valence-corrected chi connectivity index (χ4v) is 1.88. The average Bonchev–Trinajstić information content (AvgIpc) is 2.35. The van der Waals surface area contributed by atoms with Crippen LogP contribution in [-0.4, -0.2) is 20.2 Å². The van der Waals surface area contributed by atoms with Crippen molar-refractivity contribution in [1.82, 2.24) is 0 Å². The van der Waals surface area contributed by atoms with E-state index in [-0.39, 0.29) is 5.97 Å². The van der Waals surface area contributed by atoms with E-state index in [0.29, 0.717) is 12.8 Å². The standard InChI is InChI=1S/C12H15BrO3/c1-15-11-5-3-9(7-10(11)8-13)4-6-12(14)16-2/h3,5,7H,4,6,8H2,1-2H3. The van der Waals surface area contributed by atoms with Gasteiger partial charge in [0, 0.05) is 17.3 Å². The van der Waals surface area contributed by atoms with Crippen LogP contribution < -0.4 is 4.74 Å². The van der Waals surface area contributed by atoms with Gasteiger partial charge in [0.15, 0.2) is 0 Å². The SMILES string of the molecule is COC(=O)CCc1ccc(OC)c(CBr)c1. The molecule has 88 valence electrons. The van der Waals surface area contributed by atoms with Crippen LogP contribution in [0.15, 0.2) is 18.2 Å². The lowest BCUT2D eigenvalue weighted by atomic mass is 10.1. The summed E-state index contributed by atoms with van der Waals surface area (Å²) < 4.78 is 9.82. The fraction of sp³-hybridized carbons (Fsp3) is 0.417. The van der Waals surface area contributed by atoms with Crippen molar-refractivity contribution in [3.8, 4) is 5.75 Å². The second kappa shape index (κ2) is 6.53. The topological polar surface area (TPSA) is 35.5 Å². The number of alkyl halides is 1. The van der Waals surface area contributed by atoms with E-state index in [4.69, 9.17) is 4.74 Å². The number of hydrogen-bond donors (Lipinski definition) is 0. The lowest BCUT2D eigenvalue weighted by Crippen LogP contribution is -2.02. The van der Waals surface area contributed by atoms with Gasteiger partial charge >= 0.3 is 5.97 Å². The second-order valence-corrected chi connectivity index (χ2v) is 3.92. The molecule has 0 aliphatic rings. The molecule has 0 N–H and O–H groups in total. The Morgan fingerprint density at radius 2 is 2.12 bits per heavy atom. The zero-order valence-corrected chi connectivity index (χ0v) is 11.0. The molecule has 0 spiro atoms. The van der Waals surface area contributed by atoms with Crippen LogP contribution in [0.3, 0.4) is 0 Å². The van der Waals surface area contributed by atoms with Crippen LogP contribution in [0.4, 0.5) is 0 Å². The van der Waals surface area contributed by atoms with E-state index in [0.717, 1.165) is 22.2 Å². The van der Waals surface area contributed by atoms with Crippen LogP contribution in [0.1, 0.15) is 17.5 Å². The minimum absolute atomic E-state index is 0.184. The molecular formula is C12H15BrO3. The Morgan fingerprint density at radius 3 is 2.69 bits per heavy atom. The highest BCUT2D eigenvalue weighted by atomic mass is 79.9. The molecule has 0 bridgehead atoms. The van der Waals surface area contributed by atoms with Crippen molar-refractivity contribution < 1.29 is 14.3 Å². The highest BCUT2D eigenvalue weighted by Gasteiger charge is 2.05. The summed E-state index contributed by atoms with van der Waals surface area (Å²) in [6.45, 7) is 0. The van der Waals surface area contributed by atoms with Gasteiger partial charge in [0.1, 0.15) is 5.75 Å². The second-order valence-electron chi connectivity index (χ2n) is 3.36. The summed E-state index contributed by atoms with van der Waals surface area (Å²) >= 11 is 3.41. The third kappa shape index (κ3) is 3.52. The molecule has 0 saturated heterocycles. The van der Waals surface area contributed by atoms with Gasteiger partial charge in [-0.15, -0.1) is 0 Å². The summed E-state index contributed by atoms with van der Waals surface area (Å²) in [6, 6.07) is 5.92. The van der Waals surface area contributed by atoms with Crippen molar-refractivity contribution in [2.45, 2.75) is 18.2 Å². The van der Waals surface area contributed by atoms with Crippen molar-refractivity contribution in [3.05, 3.63) is 29.3 Å². The summed E-state index contributed by atoms with van der Waals surface area (Å²) in [5.41, 5.74) is 2.20. The maximum Gasteiger partial charge on any atom is 0.305 e. The number of ether oxygens (including phenoxy) is 2. The first-order valence-corrected chi connectivity index (χ1v) is 6.12. The summed E-state index contributed by atoms with van der Waals surface area (Å²) in [4.78, 5) is 11.0. The van der Waals surface area contributed by atoms with Crippen LogP contribution in [-0.2, 0) is 21.3 Å². The van der Waals surface area contributed by atoms with E-state index in [1.54, 1.807) is 7.11 Å². The Bertz CT molecular complexity index is 363. The number of aryl methyl sites for hydroxylation is 1. The van der Waals surface area contributed by atoms with Crippen molar-refractivity contribution in [1.29, 1.82) is 0 Å². The van der Waals surface area contributed by atoms with Crippen molar-refractivity contribution >= 4 is 21.9 Å². The van der Waals surface area contributed by atoms with Crippen molar-refractivity contribution in [3.63, 3.8) is 0 Å². The molecule has 0 atom stereocenters. The molecule has 1 rings (SSSR count). The number of methoxy groups -OCH3 is 2. The summed E-state index contributed by atoms with van der Waals surface area (Å²) in [6.07, 6.45) is 1.10. The van der Waals surface area contributed by atoms with Gasteiger partial charge in [0.25, 0.3) is 0 Å². The monoisotopic (exact) mass is 286 g/mol. The summed E-state index contributed by atoms with van der Waals surface area (Å²) in [7, 11) is 3.05. The fourth-order valence-electron chi connectivity index (χ4n) is 1.44. The van der Waals surface area contributed by atoms with Crippen molar-refractivity contribution in [2.75, 3.05) is 14.2 Å². The number of carbonyl (C=O) groups excluding carboxylic acids is 1. The Labute approximate surface area is 104 Å². The molecule has 0 unspecified atom stereocenters. The molecule has 16 heavy (non-hydrogen) atoms. The molecule has 0 amide bonds. The Hall–Kier alpha value is -1.03. The van der Waals surface area contributed by atoms with Gasteiger partial charge in [0.05, 0.1) is 14.2 Å². The number of esters is 1. The first-order chi connectivity index (χ1) is 7.71. The highest BCUT2D eigenvalue weighted by Crippen LogP contribution is 2.22. The third-order valence-electron chi connectivity index (χ3n) is 2.33. The maximum atomic E-state index is 11.0. The molecule has 0 aliphatic heterocycles. The summed E-state index contributed by atoms with van der Waals surface area (Å²) in [5, 5.41) is 0.738. The van der Waals surface area contributed by atoms with Crippen LogP contribution in [0.25, 0.3) is 0 Å². The van der Waals surface area contributed by atoms with E-state index in [1.165, 1.54) is 7.11 Å². The zero-order valence-electron chi connectivity index (χ0n) is 9.46. The van der Waals surface area contributed by atoms with Gasteiger partial charge < -0.3 is 9.47 Å². The number of hydrogen-bond acceptors (Lipinski definition) is 3. The van der Waals surface area contributed by atoms with Gasteiger partial charge in [-0.2, -0.15) is 0 Å². The normalized spacial score (nSPS) is 9.94. The Balaban J connectivity index is 2.71. The van der Waals surface area contributed by atoms with Gasteiger partial charge in [-0.1, -0.05) is 28.1 Å². The van der Waals surface area contributed by atoms with E-state index < -0.39 is 0 Å². The Morgan fingerprint density at radius 1 is 1.38 bits per heavy atom. The molecule has 0 radical (unpaired) electrons. The van der Waals surface area contributed by atoms with E-state index in [1.807, 2.05) is 18.2 Å². The van der Waals surface area contributed by atoms with Gasteiger partial charge in [-0.05, 0) is 18.1 Å². The lowest BCUT2D eigenvalue weighted by molar-refractivity contribution is -0.140. The van der Waals surface area contributed by atoms with Crippen LogP contribution in [0, 0.1) is 0 Å². The quantitative estimate of drug-likeness (QED) is 0.617. The number of benzene rings is 1. The largest absolute Gasteiger partial charge is 0.496 e. The predicted molar refractivity (Wildman–Crippen MR) is 66.0 cm³/mol. The predicted octanol–water partition coefficient (Wildman–Crippen LogP) is 2.70. The van der Waals surface area contributed by atoms with Crippen molar-refractivity contribution in [2.24, 2.45) is 0 Å². The minimum atomic E-state index is -0.184. The number of carbonyl (C=O) groups is 1. The number of rotatable bonds is 5. The molecule has 0 aliphatic carbocycles. The summed E-state index contributed by atoms with van der Waals surface area (Å²) in [5.74, 6) is 0.676. The van der Waals surface area contributed by atoms with E-state index in [9.17, 15) is 4.79 Å². The third-order valence-corrected chi connectivity index (χ3v) is 2.94. The molecule has 0 fully saturated rings. The van der Waals surface area contributed by atoms with Gasteiger partial charge in [-0.3, -0.25) is 4.79 Å². The first-order valence-electron chi connectivity index (χ1n) is 4.99. The first kappa shape index (κ1) is 13.0. The molecule has 1 aromatic rings. The lowest BCUT2D eigenvalue weighted by Gasteiger charge is -2.08. The average molecular weight is 287 g/mol.